The average molecular weight is 293 g/mol. The summed E-state index contributed by atoms with van der Waals surface area (Å²) in [5, 5.41) is 6.10. The first kappa shape index (κ1) is 17.2. The molecule has 6 heteroatoms. The Morgan fingerprint density at radius 1 is 1.29 bits per heavy atom. The molecule has 0 aliphatic rings. The van der Waals surface area contributed by atoms with E-state index in [1.54, 1.807) is 0 Å². The van der Waals surface area contributed by atoms with Gasteiger partial charge in [-0.15, -0.1) is 0 Å². The minimum absolute atomic E-state index is 0.0171. The SMILES string of the molecule is CCCc1nc(N)c(C)c(NCCC(=O)NC(C)(C)C)n1. The number of nitrogens with one attached hydrogen (secondary N) is 2. The molecule has 21 heavy (non-hydrogen) atoms. The summed E-state index contributed by atoms with van der Waals surface area (Å²) in [5.41, 5.74) is 6.51. The molecule has 6 nitrogen and oxygen atoms in total. The Balaban J connectivity index is 2.61. The van der Waals surface area contributed by atoms with Crippen LogP contribution in [0.1, 0.15) is 51.9 Å². The number of nitrogens with two attached hydrogens (primary N) is 1. The van der Waals surface area contributed by atoms with E-state index in [9.17, 15) is 4.79 Å². The molecule has 0 aromatic carbocycles. The molecule has 0 radical (unpaired) electrons. The van der Waals surface area contributed by atoms with Gasteiger partial charge in [-0.1, -0.05) is 6.92 Å². The van der Waals surface area contributed by atoms with Crippen molar-refractivity contribution in [1.82, 2.24) is 15.3 Å². The highest BCUT2D eigenvalue weighted by Crippen LogP contribution is 2.17. The maximum Gasteiger partial charge on any atom is 0.222 e. The van der Waals surface area contributed by atoms with Crippen molar-refractivity contribution in [2.24, 2.45) is 0 Å². The van der Waals surface area contributed by atoms with Crippen molar-refractivity contribution in [2.75, 3.05) is 17.6 Å². The fourth-order valence-electron chi connectivity index (χ4n) is 1.86. The standard InChI is InChI=1S/C15H27N5O/c1-6-7-11-18-13(16)10(2)14(19-11)17-9-8-12(21)20-15(3,4)5/h6-9H2,1-5H3,(H,20,21)(H3,16,17,18,19). The van der Waals surface area contributed by atoms with Gasteiger partial charge in [-0.05, 0) is 34.1 Å². The van der Waals surface area contributed by atoms with Gasteiger partial charge in [0.15, 0.2) is 0 Å². The van der Waals surface area contributed by atoms with Crippen molar-refractivity contribution in [1.29, 1.82) is 0 Å². The van der Waals surface area contributed by atoms with Gasteiger partial charge in [0.2, 0.25) is 5.91 Å². The number of anilines is 2. The normalized spacial score (nSPS) is 11.3. The molecule has 1 aromatic rings. The van der Waals surface area contributed by atoms with E-state index in [4.69, 9.17) is 5.73 Å². The van der Waals surface area contributed by atoms with Crippen LogP contribution < -0.4 is 16.4 Å². The van der Waals surface area contributed by atoms with Crippen molar-refractivity contribution in [2.45, 2.75) is 59.4 Å². The number of nitrogen functional groups attached to an aromatic ring is 1. The molecule has 0 unspecified atom stereocenters. The Hall–Kier alpha value is -1.85. The first-order chi connectivity index (χ1) is 9.73. The van der Waals surface area contributed by atoms with Gasteiger partial charge in [-0.25, -0.2) is 9.97 Å². The van der Waals surface area contributed by atoms with Crippen molar-refractivity contribution < 1.29 is 4.79 Å². The molecule has 0 spiro atoms. The number of nitrogens with zero attached hydrogens (tertiary/aromatic N) is 2. The molecular formula is C15H27N5O. The van der Waals surface area contributed by atoms with Crippen LogP contribution in [-0.4, -0.2) is 28.0 Å². The molecule has 1 amide bonds. The van der Waals surface area contributed by atoms with Gasteiger partial charge in [0.1, 0.15) is 17.5 Å². The van der Waals surface area contributed by atoms with Crippen LogP contribution in [0.4, 0.5) is 11.6 Å². The number of carbonyl (C=O) groups is 1. The van der Waals surface area contributed by atoms with Gasteiger partial charge in [-0.3, -0.25) is 4.79 Å². The van der Waals surface area contributed by atoms with Gasteiger partial charge in [0.25, 0.3) is 0 Å². The lowest BCUT2D eigenvalue weighted by molar-refractivity contribution is -0.122. The average Bonchev–Trinajstić information content (AvgIpc) is 2.33. The number of hydrogen-bond acceptors (Lipinski definition) is 5. The minimum atomic E-state index is -0.208. The predicted molar refractivity (Wildman–Crippen MR) is 86.2 cm³/mol. The summed E-state index contributed by atoms with van der Waals surface area (Å²) >= 11 is 0. The summed E-state index contributed by atoms with van der Waals surface area (Å²) < 4.78 is 0. The lowest BCUT2D eigenvalue weighted by Crippen LogP contribution is -2.41. The van der Waals surface area contributed by atoms with Crippen LogP contribution in [-0.2, 0) is 11.2 Å². The molecule has 4 N–H and O–H groups in total. The third kappa shape index (κ3) is 5.97. The molecule has 1 rings (SSSR count). The molecule has 0 aliphatic carbocycles. The van der Waals surface area contributed by atoms with E-state index in [1.165, 1.54) is 0 Å². The van der Waals surface area contributed by atoms with E-state index in [0.29, 0.717) is 18.8 Å². The van der Waals surface area contributed by atoms with Crippen molar-refractivity contribution in [3.8, 4) is 0 Å². The monoisotopic (exact) mass is 293 g/mol. The van der Waals surface area contributed by atoms with Crippen LogP contribution in [0.2, 0.25) is 0 Å². The zero-order chi connectivity index (χ0) is 16.0. The Morgan fingerprint density at radius 2 is 1.95 bits per heavy atom. The highest BCUT2D eigenvalue weighted by atomic mass is 16.1. The van der Waals surface area contributed by atoms with Crippen molar-refractivity contribution in [3.63, 3.8) is 0 Å². The van der Waals surface area contributed by atoms with Crippen molar-refractivity contribution >= 4 is 17.5 Å². The first-order valence-electron chi connectivity index (χ1n) is 7.40. The number of amides is 1. The van der Waals surface area contributed by atoms with Crippen LogP contribution in [0.15, 0.2) is 0 Å². The van der Waals surface area contributed by atoms with Gasteiger partial charge < -0.3 is 16.4 Å². The summed E-state index contributed by atoms with van der Waals surface area (Å²) in [6.07, 6.45) is 2.16. The molecule has 1 aromatic heterocycles. The summed E-state index contributed by atoms with van der Waals surface area (Å²) in [5.74, 6) is 1.97. The maximum atomic E-state index is 11.8. The summed E-state index contributed by atoms with van der Waals surface area (Å²) in [7, 11) is 0. The van der Waals surface area contributed by atoms with Crippen LogP contribution in [0, 0.1) is 6.92 Å². The maximum absolute atomic E-state index is 11.8. The van der Waals surface area contributed by atoms with E-state index in [2.05, 4.69) is 27.5 Å². The number of hydrogen-bond donors (Lipinski definition) is 3. The fraction of sp³-hybridized carbons (Fsp3) is 0.667. The Morgan fingerprint density at radius 3 is 2.52 bits per heavy atom. The molecule has 0 fully saturated rings. The van der Waals surface area contributed by atoms with Gasteiger partial charge in [0.05, 0.1) is 0 Å². The second-order valence-electron chi connectivity index (χ2n) is 6.22. The van der Waals surface area contributed by atoms with Gasteiger partial charge in [0, 0.05) is 30.5 Å². The summed E-state index contributed by atoms with van der Waals surface area (Å²) in [6, 6.07) is 0. The van der Waals surface area contributed by atoms with Crippen LogP contribution in [0.25, 0.3) is 0 Å². The Labute approximate surface area is 126 Å². The topological polar surface area (TPSA) is 92.9 Å². The molecule has 1 heterocycles. The summed E-state index contributed by atoms with van der Waals surface area (Å²) in [4.78, 5) is 20.5. The highest BCUT2D eigenvalue weighted by molar-refractivity contribution is 5.77. The molecule has 0 bridgehead atoms. The molecule has 0 aliphatic heterocycles. The molecule has 0 saturated carbocycles. The van der Waals surface area contributed by atoms with Crippen LogP contribution in [0.5, 0.6) is 0 Å². The van der Waals surface area contributed by atoms with E-state index < -0.39 is 0 Å². The summed E-state index contributed by atoms with van der Waals surface area (Å²) in [6.45, 7) is 10.4. The third-order valence-corrected chi connectivity index (χ3v) is 2.86. The predicted octanol–water partition coefficient (Wildman–Crippen LogP) is 2.04. The highest BCUT2D eigenvalue weighted by Gasteiger charge is 2.14. The zero-order valence-corrected chi connectivity index (χ0v) is 13.7. The molecule has 118 valence electrons. The second kappa shape index (κ2) is 7.24. The van der Waals surface area contributed by atoms with E-state index in [-0.39, 0.29) is 11.4 Å². The first-order valence-corrected chi connectivity index (χ1v) is 7.40. The van der Waals surface area contributed by atoms with E-state index in [0.717, 1.165) is 30.0 Å². The van der Waals surface area contributed by atoms with Crippen LogP contribution in [0.3, 0.4) is 0 Å². The molecule has 0 saturated heterocycles. The molecule has 0 atom stereocenters. The van der Waals surface area contributed by atoms with Gasteiger partial charge in [-0.2, -0.15) is 0 Å². The lowest BCUT2D eigenvalue weighted by Gasteiger charge is -2.20. The van der Waals surface area contributed by atoms with Gasteiger partial charge >= 0.3 is 0 Å². The second-order valence-corrected chi connectivity index (χ2v) is 6.22. The van der Waals surface area contributed by atoms with Crippen LogP contribution >= 0.6 is 0 Å². The number of carbonyl (C=O) groups excluding carboxylic acids is 1. The third-order valence-electron chi connectivity index (χ3n) is 2.86. The fourth-order valence-corrected chi connectivity index (χ4v) is 1.86. The number of aryl methyl sites for hydroxylation is 1. The largest absolute Gasteiger partial charge is 0.383 e. The van der Waals surface area contributed by atoms with E-state index in [1.807, 2.05) is 27.7 Å². The van der Waals surface area contributed by atoms with Crippen molar-refractivity contribution in [3.05, 3.63) is 11.4 Å². The lowest BCUT2D eigenvalue weighted by atomic mass is 10.1. The molecular weight excluding hydrogens is 266 g/mol. The Bertz CT molecular complexity index is 494. The smallest absolute Gasteiger partial charge is 0.222 e. The van der Waals surface area contributed by atoms with E-state index >= 15 is 0 Å². The number of rotatable bonds is 6. The zero-order valence-electron chi connectivity index (χ0n) is 13.7. The minimum Gasteiger partial charge on any atom is -0.383 e. The Kier molecular flexibility index (Phi) is 5.93. The quantitative estimate of drug-likeness (QED) is 0.746. The number of aromatic nitrogens is 2.